The van der Waals surface area contributed by atoms with Crippen LogP contribution in [0.4, 0.5) is 18.9 Å². The third-order valence-corrected chi connectivity index (χ3v) is 5.28. The molecule has 2 aromatic rings. The van der Waals surface area contributed by atoms with Gasteiger partial charge in [-0.2, -0.15) is 13.2 Å². The minimum absolute atomic E-state index is 0.118. The van der Waals surface area contributed by atoms with Crippen molar-refractivity contribution < 1.29 is 27.8 Å². The average molecular weight is 415 g/mol. The van der Waals surface area contributed by atoms with E-state index in [0.717, 1.165) is 28.8 Å². The number of aliphatic hydroxyl groups is 1. The van der Waals surface area contributed by atoms with Crippen LogP contribution >= 0.6 is 0 Å². The quantitative estimate of drug-likeness (QED) is 0.706. The number of carbonyl (C=O) groups is 1. The number of hydrogen-bond donors (Lipinski definition) is 2. The maximum atomic E-state index is 13.0. The number of rotatable bonds is 3. The van der Waals surface area contributed by atoms with E-state index in [1.807, 2.05) is 18.2 Å². The fraction of sp³-hybridized carbons (Fsp3) is 0.261. The Morgan fingerprint density at radius 1 is 1.23 bits per heavy atom. The first-order valence-electron chi connectivity index (χ1n) is 9.65. The minimum atomic E-state index is -4.46. The minimum Gasteiger partial charge on any atom is -0.493 e. The molecule has 0 aromatic heterocycles. The van der Waals surface area contributed by atoms with Gasteiger partial charge in [-0.05, 0) is 54.2 Å². The summed E-state index contributed by atoms with van der Waals surface area (Å²) in [5, 5.41) is 12.4. The van der Waals surface area contributed by atoms with Gasteiger partial charge in [0, 0.05) is 22.9 Å². The topological polar surface area (TPSA) is 58.6 Å². The molecule has 1 heterocycles. The van der Waals surface area contributed by atoms with Crippen molar-refractivity contribution in [1.29, 1.82) is 0 Å². The summed E-state index contributed by atoms with van der Waals surface area (Å²) >= 11 is 0. The van der Waals surface area contributed by atoms with Gasteiger partial charge in [-0.25, -0.2) is 0 Å². The molecule has 2 N–H and O–H groups in total. The number of hydrogen-bond acceptors (Lipinski definition) is 3. The van der Waals surface area contributed by atoms with Gasteiger partial charge in [0.05, 0.1) is 18.8 Å². The van der Waals surface area contributed by atoms with Crippen LogP contribution in [-0.4, -0.2) is 24.2 Å². The summed E-state index contributed by atoms with van der Waals surface area (Å²) in [5.41, 5.74) is 3.55. The number of anilines is 1. The Kier molecular flexibility index (Phi) is 5.39. The van der Waals surface area contributed by atoms with Gasteiger partial charge in [0.25, 0.3) is 0 Å². The fourth-order valence-electron chi connectivity index (χ4n) is 3.87. The number of ether oxygens (including phenoxy) is 1. The summed E-state index contributed by atoms with van der Waals surface area (Å²) in [5.74, 6) is -0.247. The molecule has 0 bridgehead atoms. The predicted molar refractivity (Wildman–Crippen MR) is 108 cm³/mol. The Balaban J connectivity index is 1.63. The molecule has 30 heavy (non-hydrogen) atoms. The van der Waals surface area contributed by atoms with Crippen molar-refractivity contribution >= 4 is 22.7 Å². The molecule has 2 aliphatic rings. The number of alkyl halides is 3. The third-order valence-electron chi connectivity index (χ3n) is 5.28. The van der Waals surface area contributed by atoms with Crippen LogP contribution in [0.5, 0.6) is 5.75 Å². The van der Waals surface area contributed by atoms with Crippen molar-refractivity contribution in [3.8, 4) is 5.75 Å². The highest BCUT2D eigenvalue weighted by Gasteiger charge is 2.32. The van der Waals surface area contributed by atoms with Crippen LogP contribution in [0.25, 0.3) is 11.1 Å². The molecule has 0 spiro atoms. The zero-order chi connectivity index (χ0) is 21.3. The molecule has 0 saturated carbocycles. The molecular formula is C23H20F3NO3. The number of benzene rings is 2. The molecule has 2 aromatic carbocycles. The summed E-state index contributed by atoms with van der Waals surface area (Å²) in [6, 6.07) is 8.89. The Bertz CT molecular complexity index is 1050. The van der Waals surface area contributed by atoms with Gasteiger partial charge in [0.15, 0.2) is 0 Å². The highest BCUT2D eigenvalue weighted by molar-refractivity contribution is 6.06. The van der Waals surface area contributed by atoms with Crippen molar-refractivity contribution in [2.75, 3.05) is 18.5 Å². The lowest BCUT2D eigenvalue weighted by atomic mass is 9.98. The Morgan fingerprint density at radius 3 is 2.83 bits per heavy atom. The van der Waals surface area contributed by atoms with E-state index in [9.17, 15) is 23.1 Å². The monoisotopic (exact) mass is 415 g/mol. The van der Waals surface area contributed by atoms with Crippen LogP contribution in [-0.2, 0) is 17.4 Å². The molecule has 0 atom stereocenters. The third kappa shape index (κ3) is 3.98. The number of carbonyl (C=O) groups excluding carboxylic acids is 1. The molecule has 0 fully saturated rings. The zero-order valence-electron chi connectivity index (χ0n) is 16.1. The average Bonchev–Trinajstić information content (AvgIpc) is 3.03. The van der Waals surface area contributed by atoms with Gasteiger partial charge in [0.1, 0.15) is 5.75 Å². The number of amides is 1. The highest BCUT2D eigenvalue weighted by Crippen LogP contribution is 2.38. The fourth-order valence-corrected chi connectivity index (χ4v) is 3.87. The molecule has 4 nitrogen and oxygen atoms in total. The van der Waals surface area contributed by atoms with Gasteiger partial charge in [-0.3, -0.25) is 4.79 Å². The molecule has 1 aliphatic carbocycles. The van der Waals surface area contributed by atoms with Gasteiger partial charge in [0.2, 0.25) is 5.91 Å². The first-order chi connectivity index (χ1) is 14.4. The number of nitrogens with one attached hydrogen (secondary N) is 1. The van der Waals surface area contributed by atoms with Crippen LogP contribution in [0.3, 0.4) is 0 Å². The number of fused-ring (bicyclic) bond motifs is 2. The molecular weight excluding hydrogens is 395 g/mol. The highest BCUT2D eigenvalue weighted by atomic mass is 19.4. The number of aliphatic hydroxyl groups excluding tert-OH is 1. The molecule has 0 unspecified atom stereocenters. The summed E-state index contributed by atoms with van der Waals surface area (Å²) in [7, 11) is 0. The first-order valence-corrected chi connectivity index (χ1v) is 9.65. The lowest BCUT2D eigenvalue weighted by Gasteiger charge is -2.14. The summed E-state index contributed by atoms with van der Waals surface area (Å²) in [6.07, 6.45) is 0.682. The van der Waals surface area contributed by atoms with Crippen molar-refractivity contribution in [1.82, 2.24) is 0 Å². The second-order valence-electron chi connectivity index (χ2n) is 7.25. The van der Waals surface area contributed by atoms with Gasteiger partial charge < -0.3 is 15.2 Å². The number of allylic oxidation sites excluding steroid dienone is 2. The van der Waals surface area contributed by atoms with Crippen LogP contribution in [0, 0.1) is 0 Å². The normalized spacial score (nSPS) is 16.9. The molecule has 7 heteroatoms. The largest absolute Gasteiger partial charge is 0.493 e. The lowest BCUT2D eigenvalue weighted by molar-refractivity contribution is -0.137. The van der Waals surface area contributed by atoms with Crippen LogP contribution in [0.2, 0.25) is 0 Å². The molecule has 4 rings (SSSR count). The molecule has 0 radical (unpaired) electrons. The van der Waals surface area contributed by atoms with Gasteiger partial charge >= 0.3 is 6.18 Å². The molecule has 0 saturated heterocycles. The standard InChI is InChI=1S/C23H20F3NO3/c24-23(25,26)17-8-9-18-15(4-2-10-30-20(18)12-17)11-21(29)27-19-5-1-3-14-6-7-16(13-28)22(14)19/h1,3,5,7-9,11-12,28H,2,4,6,10,13H2,(H,27,29)/b15-11+. The second-order valence-corrected chi connectivity index (χ2v) is 7.25. The first kappa shape index (κ1) is 20.2. The molecule has 1 amide bonds. The van der Waals surface area contributed by atoms with Crippen molar-refractivity contribution in [2.24, 2.45) is 0 Å². The van der Waals surface area contributed by atoms with Gasteiger partial charge in [-0.15, -0.1) is 0 Å². The van der Waals surface area contributed by atoms with Crippen LogP contribution < -0.4 is 10.1 Å². The molecule has 1 aliphatic heterocycles. The summed E-state index contributed by atoms with van der Waals surface area (Å²) in [4.78, 5) is 12.7. The maximum absolute atomic E-state index is 13.0. The van der Waals surface area contributed by atoms with E-state index >= 15 is 0 Å². The Labute approximate surface area is 171 Å². The van der Waals surface area contributed by atoms with E-state index in [1.54, 1.807) is 6.07 Å². The van der Waals surface area contributed by atoms with Crippen molar-refractivity contribution in [3.05, 3.63) is 70.8 Å². The lowest BCUT2D eigenvalue weighted by Crippen LogP contribution is -2.11. The zero-order valence-corrected chi connectivity index (χ0v) is 16.1. The number of halogens is 3. The van der Waals surface area contributed by atoms with E-state index < -0.39 is 11.7 Å². The molecule has 156 valence electrons. The summed E-state index contributed by atoms with van der Waals surface area (Å²) < 4.78 is 44.6. The Morgan fingerprint density at radius 2 is 2.07 bits per heavy atom. The maximum Gasteiger partial charge on any atom is 0.416 e. The Hall–Kier alpha value is -3.06. The van der Waals surface area contributed by atoms with E-state index in [2.05, 4.69) is 5.32 Å². The van der Waals surface area contributed by atoms with Crippen molar-refractivity contribution in [2.45, 2.75) is 25.4 Å². The summed E-state index contributed by atoms with van der Waals surface area (Å²) in [6.45, 7) is 0.164. The van der Waals surface area contributed by atoms with Crippen LogP contribution in [0.15, 0.2) is 48.6 Å². The predicted octanol–water partition coefficient (Wildman–Crippen LogP) is 4.83. The van der Waals surface area contributed by atoms with Crippen LogP contribution in [0.1, 0.15) is 35.1 Å². The van der Waals surface area contributed by atoms with E-state index in [0.29, 0.717) is 36.1 Å². The van der Waals surface area contributed by atoms with E-state index in [1.165, 1.54) is 12.1 Å². The van der Waals surface area contributed by atoms with E-state index in [4.69, 9.17) is 4.74 Å². The second kappa shape index (κ2) is 7.99. The van der Waals surface area contributed by atoms with Crippen molar-refractivity contribution in [3.63, 3.8) is 0 Å². The van der Waals surface area contributed by atoms with E-state index in [-0.39, 0.29) is 24.9 Å². The van der Waals surface area contributed by atoms with Gasteiger partial charge in [-0.1, -0.05) is 24.3 Å². The smallest absolute Gasteiger partial charge is 0.416 e. The SMILES string of the molecule is O=C(/C=C1\CCCOc2cc(C(F)(F)F)ccc21)Nc1cccc2c1C(CO)=CC2.